The number of carbonyl (C=O) groups is 2. The van der Waals surface area contributed by atoms with E-state index in [2.05, 4.69) is 10.3 Å². The highest BCUT2D eigenvalue weighted by Crippen LogP contribution is 2.41. The van der Waals surface area contributed by atoms with Crippen LogP contribution in [-0.4, -0.2) is 56.9 Å². The SMILES string of the molecule is C[C@@H]1CN(c2c(F)c(N)c3c(=O)c(C(=O)O)cn(C4CC4)c3c2F)C[C@H](C)N1.O=C(O)c1c[nH]c2ccccc2c1=O. The molecule has 0 unspecified atom stereocenters. The van der Waals surface area contributed by atoms with E-state index in [9.17, 15) is 24.3 Å². The van der Waals surface area contributed by atoms with Crippen molar-refractivity contribution in [2.45, 2.75) is 44.8 Å². The number of rotatable bonds is 4. The molecule has 42 heavy (non-hydrogen) atoms. The van der Waals surface area contributed by atoms with Crippen LogP contribution in [0.1, 0.15) is 53.4 Å². The molecule has 2 aliphatic rings. The molecule has 13 heteroatoms. The molecule has 4 aromatic rings. The molecule has 6 rings (SSSR count). The number of benzene rings is 2. The van der Waals surface area contributed by atoms with Crippen LogP contribution in [0, 0.1) is 11.6 Å². The van der Waals surface area contributed by atoms with E-state index in [4.69, 9.17) is 10.8 Å². The molecule has 6 N–H and O–H groups in total. The monoisotopic (exact) mass is 581 g/mol. The van der Waals surface area contributed by atoms with Crippen LogP contribution in [0.25, 0.3) is 21.8 Å². The van der Waals surface area contributed by atoms with Gasteiger partial charge in [0.1, 0.15) is 16.8 Å². The van der Waals surface area contributed by atoms with E-state index in [0.717, 1.165) is 19.0 Å². The summed E-state index contributed by atoms with van der Waals surface area (Å²) in [6, 6.07) is 6.69. The molecule has 1 aliphatic carbocycles. The number of fused-ring (bicyclic) bond motifs is 2. The van der Waals surface area contributed by atoms with E-state index in [-0.39, 0.29) is 34.9 Å². The van der Waals surface area contributed by atoms with Crippen molar-refractivity contribution < 1.29 is 28.6 Å². The van der Waals surface area contributed by atoms with E-state index < -0.39 is 51.1 Å². The lowest BCUT2D eigenvalue weighted by atomic mass is 10.0. The second kappa shape index (κ2) is 10.9. The number of hydrogen-bond acceptors (Lipinski definition) is 7. The summed E-state index contributed by atoms with van der Waals surface area (Å²) >= 11 is 0. The van der Waals surface area contributed by atoms with Crippen LogP contribution in [0.15, 0.2) is 46.2 Å². The number of hydrogen-bond donors (Lipinski definition) is 5. The average molecular weight is 582 g/mol. The maximum Gasteiger partial charge on any atom is 0.341 e. The van der Waals surface area contributed by atoms with Crippen LogP contribution in [0.5, 0.6) is 0 Å². The number of H-pyrrole nitrogens is 1. The Morgan fingerprint density at radius 3 is 2.17 bits per heavy atom. The first-order valence-corrected chi connectivity index (χ1v) is 13.3. The average Bonchev–Trinajstić information content (AvgIpc) is 3.77. The van der Waals surface area contributed by atoms with Gasteiger partial charge >= 0.3 is 11.9 Å². The zero-order valence-electron chi connectivity index (χ0n) is 22.8. The van der Waals surface area contributed by atoms with E-state index in [1.54, 1.807) is 29.2 Å². The van der Waals surface area contributed by atoms with Gasteiger partial charge in [0, 0.05) is 54.5 Å². The minimum absolute atomic E-state index is 0.0134. The number of carboxylic acid groups (broad SMARTS) is 2. The third-order valence-corrected chi connectivity index (χ3v) is 7.43. The maximum absolute atomic E-state index is 15.6. The molecule has 1 aliphatic heterocycles. The van der Waals surface area contributed by atoms with Gasteiger partial charge in [-0.3, -0.25) is 9.59 Å². The van der Waals surface area contributed by atoms with Crippen molar-refractivity contribution >= 4 is 45.1 Å². The van der Waals surface area contributed by atoms with E-state index in [1.807, 2.05) is 13.8 Å². The van der Waals surface area contributed by atoms with Gasteiger partial charge in [0.15, 0.2) is 11.6 Å². The number of halogens is 2. The molecule has 2 aromatic carbocycles. The molecule has 0 bridgehead atoms. The van der Waals surface area contributed by atoms with Crippen LogP contribution in [0.3, 0.4) is 0 Å². The molecule has 11 nitrogen and oxygen atoms in total. The van der Waals surface area contributed by atoms with Gasteiger partial charge in [-0.25, -0.2) is 18.4 Å². The number of aromatic amines is 1. The molecule has 220 valence electrons. The maximum atomic E-state index is 15.6. The Bertz CT molecular complexity index is 1860. The number of pyridine rings is 2. The summed E-state index contributed by atoms with van der Waals surface area (Å²) in [5.41, 5.74) is 3.49. The highest BCUT2D eigenvalue weighted by atomic mass is 19.1. The Hall–Kier alpha value is -4.78. The molecule has 0 amide bonds. The Balaban J connectivity index is 0.000000211. The van der Waals surface area contributed by atoms with Gasteiger partial charge in [0.25, 0.3) is 0 Å². The number of aromatic carboxylic acids is 2. The Morgan fingerprint density at radius 2 is 1.57 bits per heavy atom. The van der Waals surface area contributed by atoms with Crippen LogP contribution in [-0.2, 0) is 0 Å². The standard InChI is InChI=1S/C19H22F2N4O3.C10H7NO3/c1-8-5-24(6-9(2)23-8)17-13(20)15(22)12-16(14(17)21)25(10-3-4-10)7-11(18(12)26)19(27)28;12-9-6-3-1-2-4-8(6)11-5-7(9)10(13)14/h7-10,23H,3-6,22H2,1-2H3,(H,27,28);1-5H,(H,11,12)(H,13,14)/t8-,9+;. The largest absolute Gasteiger partial charge is 0.477 e. The molecular formula is C29H29F2N5O6. The van der Waals surface area contributed by atoms with Crippen LogP contribution < -0.4 is 26.8 Å². The predicted octanol–water partition coefficient (Wildman–Crippen LogP) is 3.31. The quantitative estimate of drug-likeness (QED) is 0.227. The van der Waals surface area contributed by atoms with Crippen molar-refractivity contribution in [3.63, 3.8) is 0 Å². The lowest BCUT2D eigenvalue weighted by Crippen LogP contribution is -2.54. The van der Waals surface area contributed by atoms with Crippen molar-refractivity contribution in [1.29, 1.82) is 0 Å². The van der Waals surface area contributed by atoms with Gasteiger partial charge in [-0.05, 0) is 38.8 Å². The summed E-state index contributed by atoms with van der Waals surface area (Å²) in [7, 11) is 0. The smallest absolute Gasteiger partial charge is 0.341 e. The summed E-state index contributed by atoms with van der Waals surface area (Å²) in [6.45, 7) is 4.60. The van der Waals surface area contributed by atoms with Crippen molar-refractivity contribution in [3.8, 4) is 0 Å². The number of piperazine rings is 1. The number of nitrogens with one attached hydrogen (secondary N) is 2. The number of aromatic nitrogens is 2. The first kappa shape index (κ1) is 28.7. The second-order valence-corrected chi connectivity index (χ2v) is 10.7. The molecule has 2 atom stereocenters. The number of nitrogens with zero attached hydrogens (tertiary/aromatic N) is 2. The summed E-state index contributed by atoms with van der Waals surface area (Å²) in [5, 5.41) is 21.3. The second-order valence-electron chi connectivity index (χ2n) is 10.7. The normalized spacial score (nSPS) is 18.5. The molecule has 2 aromatic heterocycles. The van der Waals surface area contributed by atoms with E-state index in [1.165, 1.54) is 10.8 Å². The number of carboxylic acids is 2. The fourth-order valence-electron chi connectivity index (χ4n) is 5.46. The number of nitrogens with two attached hydrogens (primary N) is 1. The lowest BCUT2D eigenvalue weighted by Gasteiger charge is -2.38. The van der Waals surface area contributed by atoms with Gasteiger partial charge in [0.2, 0.25) is 10.9 Å². The fraction of sp³-hybridized carbons (Fsp3) is 0.310. The highest BCUT2D eigenvalue weighted by Gasteiger charge is 2.34. The zero-order valence-corrected chi connectivity index (χ0v) is 22.8. The van der Waals surface area contributed by atoms with Crippen molar-refractivity contribution in [1.82, 2.24) is 14.9 Å². The summed E-state index contributed by atoms with van der Waals surface area (Å²) in [5.74, 6) is -4.55. The first-order valence-electron chi connectivity index (χ1n) is 13.3. The molecule has 0 radical (unpaired) electrons. The molecule has 1 saturated heterocycles. The minimum atomic E-state index is -1.45. The summed E-state index contributed by atoms with van der Waals surface area (Å²) in [6.07, 6.45) is 3.82. The summed E-state index contributed by atoms with van der Waals surface area (Å²) in [4.78, 5) is 50.7. The van der Waals surface area contributed by atoms with E-state index in [0.29, 0.717) is 24.0 Å². The summed E-state index contributed by atoms with van der Waals surface area (Å²) < 4.78 is 32.2. The van der Waals surface area contributed by atoms with Gasteiger partial charge in [0.05, 0.1) is 16.6 Å². The lowest BCUT2D eigenvalue weighted by molar-refractivity contribution is 0.0684. The Morgan fingerprint density at radius 1 is 0.952 bits per heavy atom. The van der Waals surface area contributed by atoms with Crippen molar-refractivity contribution in [2.24, 2.45) is 0 Å². The van der Waals surface area contributed by atoms with Gasteiger partial charge in [-0.2, -0.15) is 0 Å². The van der Waals surface area contributed by atoms with Crippen LogP contribution in [0.4, 0.5) is 20.2 Å². The van der Waals surface area contributed by atoms with Gasteiger partial charge in [-0.15, -0.1) is 0 Å². The van der Waals surface area contributed by atoms with Gasteiger partial charge in [-0.1, -0.05) is 12.1 Å². The van der Waals surface area contributed by atoms with Gasteiger partial charge < -0.3 is 35.7 Å². The van der Waals surface area contributed by atoms with Crippen molar-refractivity contribution in [2.75, 3.05) is 23.7 Å². The molecular weight excluding hydrogens is 552 g/mol. The third kappa shape index (κ3) is 5.07. The fourth-order valence-corrected chi connectivity index (χ4v) is 5.46. The minimum Gasteiger partial charge on any atom is -0.477 e. The molecule has 0 spiro atoms. The Kier molecular flexibility index (Phi) is 7.45. The number of nitrogen functional groups attached to an aromatic ring is 1. The number of para-hydroxylation sites is 1. The van der Waals surface area contributed by atoms with Crippen molar-refractivity contribution in [3.05, 3.63) is 79.9 Å². The molecule has 2 fully saturated rings. The molecule has 1 saturated carbocycles. The van der Waals surface area contributed by atoms with E-state index >= 15 is 8.78 Å². The van der Waals surface area contributed by atoms with Crippen LogP contribution >= 0.6 is 0 Å². The Labute approximate surface area is 237 Å². The van der Waals surface area contributed by atoms with Crippen LogP contribution in [0.2, 0.25) is 0 Å². The molecule has 3 heterocycles. The third-order valence-electron chi connectivity index (χ3n) is 7.43. The first-order chi connectivity index (χ1) is 19.9. The predicted molar refractivity (Wildman–Crippen MR) is 154 cm³/mol. The topological polar surface area (TPSA) is 171 Å². The zero-order chi connectivity index (χ0) is 30.5. The number of anilines is 2. The highest BCUT2D eigenvalue weighted by molar-refractivity contribution is 6.00.